The molecule has 122 valence electrons. The molecule has 0 saturated heterocycles. The van der Waals surface area contributed by atoms with Gasteiger partial charge in [0.05, 0.1) is 26.4 Å². The number of ether oxygens (including phenoxy) is 2. The van der Waals surface area contributed by atoms with E-state index in [2.05, 4.69) is 40.1 Å². The van der Waals surface area contributed by atoms with Crippen molar-refractivity contribution < 1.29 is 9.47 Å². The van der Waals surface area contributed by atoms with Crippen molar-refractivity contribution >= 4 is 41.3 Å². The first-order valence-corrected chi connectivity index (χ1v) is 7.86. The molecular formula is C14H26IN3O2S. The highest BCUT2D eigenvalue weighted by Crippen LogP contribution is 2.07. The molecular weight excluding hydrogens is 401 g/mol. The molecule has 0 fully saturated rings. The fraction of sp³-hybridized carbons (Fsp3) is 0.643. The van der Waals surface area contributed by atoms with Gasteiger partial charge in [0.15, 0.2) is 5.96 Å². The van der Waals surface area contributed by atoms with Gasteiger partial charge < -0.3 is 20.1 Å². The highest BCUT2D eigenvalue weighted by Gasteiger charge is 1.98. The minimum absolute atomic E-state index is 0. The zero-order chi connectivity index (χ0) is 14.5. The molecule has 7 heteroatoms. The van der Waals surface area contributed by atoms with E-state index in [9.17, 15) is 0 Å². The van der Waals surface area contributed by atoms with Gasteiger partial charge in [0.25, 0.3) is 0 Å². The predicted octanol–water partition coefficient (Wildman–Crippen LogP) is 2.13. The molecule has 0 aliphatic heterocycles. The van der Waals surface area contributed by atoms with Crippen molar-refractivity contribution in [3.05, 3.63) is 22.4 Å². The minimum atomic E-state index is 0. The van der Waals surface area contributed by atoms with Crippen LogP contribution in [-0.4, -0.2) is 52.5 Å². The van der Waals surface area contributed by atoms with Crippen LogP contribution in [0, 0.1) is 0 Å². The molecule has 5 nitrogen and oxygen atoms in total. The van der Waals surface area contributed by atoms with Gasteiger partial charge in [-0.05, 0) is 24.8 Å². The van der Waals surface area contributed by atoms with Gasteiger partial charge in [-0.3, -0.25) is 4.99 Å². The summed E-state index contributed by atoms with van der Waals surface area (Å²) in [4.78, 5) is 5.85. The Labute approximate surface area is 148 Å². The van der Waals surface area contributed by atoms with E-state index in [1.807, 2.05) is 0 Å². The summed E-state index contributed by atoms with van der Waals surface area (Å²) in [5, 5.41) is 8.66. The Balaban J connectivity index is 0.00000400. The molecule has 0 radical (unpaired) electrons. The van der Waals surface area contributed by atoms with Crippen LogP contribution in [0.15, 0.2) is 22.5 Å². The van der Waals surface area contributed by atoms with Gasteiger partial charge in [-0.15, -0.1) is 35.3 Å². The van der Waals surface area contributed by atoms with E-state index in [0.29, 0.717) is 26.4 Å². The first kappa shape index (κ1) is 20.6. The smallest absolute Gasteiger partial charge is 0.191 e. The van der Waals surface area contributed by atoms with E-state index in [4.69, 9.17) is 9.47 Å². The van der Waals surface area contributed by atoms with Gasteiger partial charge in [0.2, 0.25) is 0 Å². The number of aliphatic imine (C=N–C) groups is 1. The van der Waals surface area contributed by atoms with Crippen molar-refractivity contribution in [1.82, 2.24) is 10.6 Å². The molecule has 0 spiro atoms. The predicted molar refractivity (Wildman–Crippen MR) is 100 cm³/mol. The van der Waals surface area contributed by atoms with Crippen LogP contribution in [0.1, 0.15) is 11.8 Å². The molecule has 1 rings (SSSR count). The van der Waals surface area contributed by atoms with Crippen LogP contribution in [0.3, 0.4) is 0 Å². The SMILES string of the molecule is CCNC(=NCCOCCOC)NCCc1cccs1.I. The fourth-order valence-electron chi connectivity index (χ4n) is 1.57. The summed E-state index contributed by atoms with van der Waals surface area (Å²) < 4.78 is 10.3. The standard InChI is InChI=1S/C14H25N3O2S.HI/c1-3-15-14(17-8-9-19-11-10-18-2)16-7-6-13-5-4-12-20-13;/h4-5,12H,3,6-11H2,1-2H3,(H2,15,16,17);1H. The van der Waals surface area contributed by atoms with E-state index >= 15 is 0 Å². The monoisotopic (exact) mass is 427 g/mol. The Morgan fingerprint density at radius 1 is 1.29 bits per heavy atom. The van der Waals surface area contributed by atoms with E-state index in [1.165, 1.54) is 4.88 Å². The third-order valence-electron chi connectivity index (χ3n) is 2.53. The van der Waals surface area contributed by atoms with Crippen molar-refractivity contribution in [2.75, 3.05) is 46.6 Å². The quantitative estimate of drug-likeness (QED) is 0.260. The molecule has 0 unspecified atom stereocenters. The van der Waals surface area contributed by atoms with Crippen LogP contribution >= 0.6 is 35.3 Å². The van der Waals surface area contributed by atoms with Crippen molar-refractivity contribution in [3.63, 3.8) is 0 Å². The van der Waals surface area contributed by atoms with Crippen molar-refractivity contribution in [2.24, 2.45) is 4.99 Å². The first-order chi connectivity index (χ1) is 9.86. The molecule has 0 saturated carbocycles. The third-order valence-corrected chi connectivity index (χ3v) is 3.46. The summed E-state index contributed by atoms with van der Waals surface area (Å²) in [5.74, 6) is 0.847. The molecule has 0 bridgehead atoms. The second-order valence-electron chi connectivity index (χ2n) is 4.12. The number of hydrogen-bond donors (Lipinski definition) is 2. The van der Waals surface area contributed by atoms with E-state index < -0.39 is 0 Å². The fourth-order valence-corrected chi connectivity index (χ4v) is 2.28. The number of halogens is 1. The minimum Gasteiger partial charge on any atom is -0.382 e. The lowest BCUT2D eigenvalue weighted by Gasteiger charge is -2.10. The second-order valence-corrected chi connectivity index (χ2v) is 5.15. The largest absolute Gasteiger partial charge is 0.382 e. The van der Waals surface area contributed by atoms with Gasteiger partial charge in [-0.2, -0.15) is 0 Å². The lowest BCUT2D eigenvalue weighted by Crippen LogP contribution is -2.38. The third kappa shape index (κ3) is 10.9. The summed E-state index contributed by atoms with van der Waals surface area (Å²) >= 11 is 1.78. The summed E-state index contributed by atoms with van der Waals surface area (Å²) in [6, 6.07) is 4.23. The Morgan fingerprint density at radius 2 is 2.14 bits per heavy atom. The zero-order valence-electron chi connectivity index (χ0n) is 12.8. The zero-order valence-corrected chi connectivity index (χ0v) is 15.9. The van der Waals surface area contributed by atoms with Gasteiger partial charge in [-0.25, -0.2) is 0 Å². The Bertz CT molecular complexity index is 361. The van der Waals surface area contributed by atoms with Crippen LogP contribution in [-0.2, 0) is 15.9 Å². The lowest BCUT2D eigenvalue weighted by atomic mass is 10.3. The Morgan fingerprint density at radius 3 is 2.81 bits per heavy atom. The van der Waals surface area contributed by atoms with Crippen LogP contribution in [0.4, 0.5) is 0 Å². The Hall–Kier alpha value is -0.380. The molecule has 1 aromatic rings. The van der Waals surface area contributed by atoms with E-state index in [1.54, 1.807) is 18.4 Å². The van der Waals surface area contributed by atoms with Crippen molar-refractivity contribution in [2.45, 2.75) is 13.3 Å². The average Bonchev–Trinajstić information content (AvgIpc) is 2.96. The van der Waals surface area contributed by atoms with Crippen LogP contribution < -0.4 is 10.6 Å². The molecule has 1 heterocycles. The van der Waals surface area contributed by atoms with E-state index in [-0.39, 0.29) is 24.0 Å². The van der Waals surface area contributed by atoms with Gasteiger partial charge >= 0.3 is 0 Å². The highest BCUT2D eigenvalue weighted by molar-refractivity contribution is 14.0. The van der Waals surface area contributed by atoms with Crippen molar-refractivity contribution in [3.8, 4) is 0 Å². The average molecular weight is 427 g/mol. The summed E-state index contributed by atoms with van der Waals surface area (Å²) in [7, 11) is 1.67. The lowest BCUT2D eigenvalue weighted by molar-refractivity contribution is 0.0748. The molecule has 2 N–H and O–H groups in total. The molecule has 0 aromatic carbocycles. The number of nitrogens with zero attached hydrogens (tertiary/aromatic N) is 1. The number of rotatable bonds is 10. The number of nitrogens with one attached hydrogen (secondary N) is 2. The van der Waals surface area contributed by atoms with Crippen molar-refractivity contribution in [1.29, 1.82) is 0 Å². The molecule has 1 aromatic heterocycles. The highest BCUT2D eigenvalue weighted by atomic mass is 127. The molecule has 0 aliphatic rings. The number of hydrogen-bond acceptors (Lipinski definition) is 4. The van der Waals surface area contributed by atoms with Gasteiger partial charge in [0.1, 0.15) is 0 Å². The van der Waals surface area contributed by atoms with Gasteiger partial charge in [0, 0.05) is 25.1 Å². The number of guanidine groups is 1. The maximum atomic E-state index is 5.38. The maximum absolute atomic E-state index is 5.38. The second kappa shape index (κ2) is 14.6. The molecule has 0 amide bonds. The topological polar surface area (TPSA) is 54.9 Å². The molecule has 21 heavy (non-hydrogen) atoms. The summed E-state index contributed by atoms with van der Waals surface area (Å²) in [6.07, 6.45) is 1.02. The number of methoxy groups -OCH3 is 1. The van der Waals surface area contributed by atoms with E-state index in [0.717, 1.165) is 25.5 Å². The van der Waals surface area contributed by atoms with Gasteiger partial charge in [-0.1, -0.05) is 6.07 Å². The summed E-state index contributed by atoms with van der Waals surface area (Å²) in [6.45, 7) is 6.32. The molecule has 0 aliphatic carbocycles. The van der Waals surface area contributed by atoms with Crippen LogP contribution in [0.5, 0.6) is 0 Å². The summed E-state index contributed by atoms with van der Waals surface area (Å²) in [5.41, 5.74) is 0. The van der Waals surface area contributed by atoms with Crippen LogP contribution in [0.25, 0.3) is 0 Å². The first-order valence-electron chi connectivity index (χ1n) is 6.98. The number of thiophene rings is 1. The molecule has 0 atom stereocenters. The normalized spacial score (nSPS) is 11.0. The van der Waals surface area contributed by atoms with Crippen LogP contribution in [0.2, 0.25) is 0 Å². The maximum Gasteiger partial charge on any atom is 0.191 e. The Kier molecular flexibility index (Phi) is 14.3.